The van der Waals surface area contributed by atoms with Crippen molar-refractivity contribution in [3.8, 4) is 0 Å². The highest BCUT2D eigenvalue weighted by molar-refractivity contribution is 5.79. The molecule has 0 aliphatic carbocycles. The summed E-state index contributed by atoms with van der Waals surface area (Å²) in [6.07, 6.45) is 6.72. The van der Waals surface area contributed by atoms with Crippen LogP contribution in [-0.2, 0) is 6.54 Å². The summed E-state index contributed by atoms with van der Waals surface area (Å²) in [4.78, 5) is 6.86. The summed E-state index contributed by atoms with van der Waals surface area (Å²) >= 11 is 0. The van der Waals surface area contributed by atoms with Crippen LogP contribution < -0.4 is 10.6 Å². The van der Waals surface area contributed by atoms with Crippen molar-refractivity contribution in [1.82, 2.24) is 20.1 Å². The van der Waals surface area contributed by atoms with E-state index in [9.17, 15) is 0 Å². The fraction of sp³-hybridized carbons (Fsp3) is 0.688. The number of aromatic nitrogens is 1. The summed E-state index contributed by atoms with van der Waals surface area (Å²) in [7, 11) is 1.84. The van der Waals surface area contributed by atoms with Crippen LogP contribution in [0.25, 0.3) is 0 Å². The van der Waals surface area contributed by atoms with Gasteiger partial charge in [-0.15, -0.1) is 0 Å². The summed E-state index contributed by atoms with van der Waals surface area (Å²) < 4.78 is 2.17. The maximum Gasteiger partial charge on any atom is 0.191 e. The van der Waals surface area contributed by atoms with Gasteiger partial charge in [-0.2, -0.15) is 0 Å². The number of rotatable bonds is 7. The maximum absolute atomic E-state index is 4.29. The lowest BCUT2D eigenvalue weighted by Gasteiger charge is -2.17. The van der Waals surface area contributed by atoms with Crippen LogP contribution in [0.4, 0.5) is 0 Å². The van der Waals surface area contributed by atoms with Gasteiger partial charge in [-0.3, -0.25) is 4.99 Å². The van der Waals surface area contributed by atoms with Crippen LogP contribution in [0, 0.1) is 5.92 Å². The van der Waals surface area contributed by atoms with Crippen LogP contribution in [0.15, 0.2) is 29.5 Å². The molecule has 2 N–H and O–H groups in total. The van der Waals surface area contributed by atoms with Crippen LogP contribution in [0.2, 0.25) is 0 Å². The molecule has 0 spiro atoms. The molecule has 1 unspecified atom stereocenters. The molecule has 0 radical (unpaired) electrons. The third-order valence-electron chi connectivity index (χ3n) is 4.02. The second kappa shape index (κ2) is 8.72. The molecule has 5 heteroatoms. The molecule has 1 aromatic heterocycles. The monoisotopic (exact) mass is 291 g/mol. The first-order valence-electron chi connectivity index (χ1n) is 8.09. The number of hydrogen-bond acceptors (Lipinski definition) is 2. The van der Waals surface area contributed by atoms with Crippen LogP contribution >= 0.6 is 0 Å². The Bertz CT molecular complexity index is 412. The molecule has 0 bridgehead atoms. The van der Waals surface area contributed by atoms with Crippen molar-refractivity contribution in [3.05, 3.63) is 24.5 Å². The van der Waals surface area contributed by atoms with Gasteiger partial charge < -0.3 is 20.1 Å². The Hall–Kier alpha value is -1.49. The van der Waals surface area contributed by atoms with E-state index in [1.807, 2.05) is 7.05 Å². The zero-order valence-electron chi connectivity index (χ0n) is 13.4. The van der Waals surface area contributed by atoms with Gasteiger partial charge >= 0.3 is 0 Å². The van der Waals surface area contributed by atoms with Crippen LogP contribution in [-0.4, -0.2) is 55.2 Å². The van der Waals surface area contributed by atoms with Crippen molar-refractivity contribution in [2.45, 2.75) is 26.3 Å². The molecule has 1 saturated heterocycles. The topological polar surface area (TPSA) is 44.6 Å². The highest BCUT2D eigenvalue weighted by atomic mass is 15.2. The molecule has 2 rings (SSSR count). The number of likely N-dealkylation sites (tertiary alicyclic amines) is 1. The van der Waals surface area contributed by atoms with E-state index in [1.165, 1.54) is 32.5 Å². The van der Waals surface area contributed by atoms with Crippen molar-refractivity contribution in [3.63, 3.8) is 0 Å². The van der Waals surface area contributed by atoms with E-state index in [0.29, 0.717) is 0 Å². The zero-order valence-corrected chi connectivity index (χ0v) is 13.4. The van der Waals surface area contributed by atoms with Gasteiger partial charge in [-0.1, -0.05) is 6.92 Å². The second-order valence-corrected chi connectivity index (χ2v) is 5.76. The van der Waals surface area contributed by atoms with Gasteiger partial charge in [0, 0.05) is 45.6 Å². The van der Waals surface area contributed by atoms with Gasteiger partial charge in [0.2, 0.25) is 0 Å². The normalized spacial score (nSPS) is 19.9. The molecule has 118 valence electrons. The molecule has 0 amide bonds. The van der Waals surface area contributed by atoms with Crippen LogP contribution in [0.1, 0.15) is 19.8 Å². The van der Waals surface area contributed by atoms with Crippen LogP contribution in [0.5, 0.6) is 0 Å². The number of nitrogens with zero attached hydrogens (tertiary/aromatic N) is 3. The van der Waals surface area contributed by atoms with Crippen molar-refractivity contribution in [2.75, 3.05) is 39.8 Å². The van der Waals surface area contributed by atoms with Gasteiger partial charge in [0.05, 0.1) is 0 Å². The minimum atomic E-state index is 0.750. The maximum atomic E-state index is 4.29. The molecule has 5 nitrogen and oxygen atoms in total. The Kier molecular flexibility index (Phi) is 6.60. The number of guanidine groups is 1. The lowest BCUT2D eigenvalue weighted by Crippen LogP contribution is -2.41. The fourth-order valence-corrected chi connectivity index (χ4v) is 2.88. The van der Waals surface area contributed by atoms with Gasteiger partial charge in [0.1, 0.15) is 0 Å². The van der Waals surface area contributed by atoms with Crippen LogP contribution in [0.3, 0.4) is 0 Å². The third kappa shape index (κ3) is 5.42. The van der Waals surface area contributed by atoms with Gasteiger partial charge in [-0.05, 0) is 44.0 Å². The highest BCUT2D eigenvalue weighted by Crippen LogP contribution is 2.15. The van der Waals surface area contributed by atoms with E-state index in [2.05, 4.69) is 56.5 Å². The van der Waals surface area contributed by atoms with Gasteiger partial charge in [0.25, 0.3) is 0 Å². The second-order valence-electron chi connectivity index (χ2n) is 5.76. The van der Waals surface area contributed by atoms with E-state index in [-0.39, 0.29) is 0 Å². The average molecular weight is 291 g/mol. The molecule has 0 aromatic carbocycles. The minimum Gasteiger partial charge on any atom is -0.356 e. The standard InChI is InChI=1S/C16H29N5/c1-3-8-21-11-6-15(14-21)13-19-16(17-2)18-7-12-20-9-4-5-10-20/h4-5,9-10,15H,3,6-8,11-14H2,1-2H3,(H2,17,18,19). The summed E-state index contributed by atoms with van der Waals surface area (Å²) in [5.41, 5.74) is 0. The predicted molar refractivity (Wildman–Crippen MR) is 88.6 cm³/mol. The average Bonchev–Trinajstić information content (AvgIpc) is 3.15. The molecular formula is C16H29N5. The molecule has 0 saturated carbocycles. The summed E-state index contributed by atoms with van der Waals surface area (Å²) in [5.74, 6) is 1.66. The molecule has 21 heavy (non-hydrogen) atoms. The van der Waals surface area contributed by atoms with Gasteiger partial charge in [0.15, 0.2) is 5.96 Å². The highest BCUT2D eigenvalue weighted by Gasteiger charge is 2.21. The van der Waals surface area contributed by atoms with Crippen molar-refractivity contribution in [2.24, 2.45) is 10.9 Å². The molecule has 1 aliphatic rings. The Labute approximate surface area is 128 Å². The molecule has 2 heterocycles. The van der Waals surface area contributed by atoms with E-state index >= 15 is 0 Å². The number of nitrogens with one attached hydrogen (secondary N) is 2. The first-order valence-corrected chi connectivity index (χ1v) is 8.09. The Morgan fingerprint density at radius 2 is 2.05 bits per heavy atom. The van der Waals surface area contributed by atoms with Crippen molar-refractivity contribution >= 4 is 5.96 Å². The van der Waals surface area contributed by atoms with E-state index < -0.39 is 0 Å². The Balaban J connectivity index is 1.62. The van der Waals surface area contributed by atoms with E-state index in [4.69, 9.17) is 0 Å². The summed E-state index contributed by atoms with van der Waals surface area (Å²) in [6.45, 7) is 8.83. The summed E-state index contributed by atoms with van der Waals surface area (Å²) in [5, 5.41) is 6.83. The quantitative estimate of drug-likeness (QED) is 0.589. The zero-order chi connectivity index (χ0) is 14.9. The summed E-state index contributed by atoms with van der Waals surface area (Å²) in [6, 6.07) is 4.10. The van der Waals surface area contributed by atoms with Gasteiger partial charge in [-0.25, -0.2) is 0 Å². The SMILES string of the molecule is CCCN1CCC(CNC(=NC)NCCn2cccc2)C1. The molecule has 1 aliphatic heterocycles. The smallest absolute Gasteiger partial charge is 0.191 e. The Morgan fingerprint density at radius 1 is 1.24 bits per heavy atom. The molecule has 1 atom stereocenters. The number of aliphatic imine (C=N–C) groups is 1. The first kappa shape index (κ1) is 15.9. The van der Waals surface area contributed by atoms with E-state index in [1.54, 1.807) is 0 Å². The largest absolute Gasteiger partial charge is 0.356 e. The lowest BCUT2D eigenvalue weighted by molar-refractivity contribution is 0.324. The minimum absolute atomic E-state index is 0.750. The predicted octanol–water partition coefficient (Wildman–Crippen LogP) is 1.39. The third-order valence-corrected chi connectivity index (χ3v) is 4.02. The number of hydrogen-bond donors (Lipinski definition) is 2. The van der Waals surface area contributed by atoms with Crippen molar-refractivity contribution in [1.29, 1.82) is 0 Å². The molecular weight excluding hydrogens is 262 g/mol. The molecule has 1 aromatic rings. The van der Waals surface area contributed by atoms with E-state index in [0.717, 1.165) is 31.5 Å². The fourth-order valence-electron chi connectivity index (χ4n) is 2.88. The lowest BCUT2D eigenvalue weighted by atomic mass is 10.1. The Morgan fingerprint density at radius 3 is 2.76 bits per heavy atom. The first-order chi connectivity index (χ1) is 10.3. The van der Waals surface area contributed by atoms with Crippen molar-refractivity contribution < 1.29 is 0 Å². The molecule has 1 fully saturated rings.